The molecule has 0 spiro atoms. The molecule has 25 heavy (non-hydrogen) atoms. The minimum atomic E-state index is -0.869. The summed E-state index contributed by atoms with van der Waals surface area (Å²) in [5.74, 6) is 0.890. The molecule has 2 saturated carbocycles. The maximum Gasteiger partial charge on any atom is 0.330 e. The Kier molecular flexibility index (Phi) is 10.8. The Balaban J connectivity index is 0.00000134. The highest BCUT2D eigenvalue weighted by molar-refractivity contribution is 5.85. The van der Waals surface area contributed by atoms with Crippen molar-refractivity contribution in [2.24, 2.45) is 23.2 Å². The van der Waals surface area contributed by atoms with Crippen LogP contribution in [0.2, 0.25) is 0 Å². The van der Waals surface area contributed by atoms with Gasteiger partial charge in [-0.2, -0.15) is 0 Å². The lowest BCUT2D eigenvalue weighted by atomic mass is 9.61. The highest BCUT2D eigenvalue weighted by Gasteiger charge is 2.51. The number of hydrogen-bond donors (Lipinski definition) is 2. The molecule has 0 aromatic rings. The third kappa shape index (κ3) is 5.89. The van der Waals surface area contributed by atoms with Gasteiger partial charge in [0.15, 0.2) is 0 Å². The van der Waals surface area contributed by atoms with Crippen LogP contribution in [0.4, 0.5) is 0 Å². The molecule has 2 aliphatic rings. The molecular weight excluding hydrogens is 312 g/mol. The summed E-state index contributed by atoms with van der Waals surface area (Å²) in [6, 6.07) is 0. The molecule has 2 rings (SSSR count). The summed E-state index contributed by atoms with van der Waals surface area (Å²) in [6.07, 6.45) is 16.2. The van der Waals surface area contributed by atoms with E-state index in [9.17, 15) is 9.90 Å². The van der Waals surface area contributed by atoms with Gasteiger partial charge in [-0.3, -0.25) is 0 Å². The molecule has 0 aliphatic heterocycles. The predicted octanol–water partition coefficient (Wildman–Crippen LogP) is 5.29. The molecule has 0 bridgehead atoms. The van der Waals surface area contributed by atoms with Gasteiger partial charge in [-0.25, -0.2) is 4.79 Å². The van der Waals surface area contributed by atoms with Crippen molar-refractivity contribution < 1.29 is 15.0 Å². The summed E-state index contributed by atoms with van der Waals surface area (Å²) in [7, 11) is 0. The van der Waals surface area contributed by atoms with E-state index in [-0.39, 0.29) is 6.10 Å². The molecule has 0 saturated heterocycles. The van der Waals surface area contributed by atoms with E-state index in [0.29, 0.717) is 35.2 Å². The average Bonchev–Trinajstić information content (AvgIpc) is 2.96. The van der Waals surface area contributed by atoms with E-state index in [1.807, 2.05) is 13.8 Å². The average molecular weight is 351 g/mol. The molecule has 0 aromatic heterocycles. The van der Waals surface area contributed by atoms with Crippen molar-refractivity contribution in [3.8, 4) is 12.8 Å². The number of aliphatic carboxylic acids is 1. The lowest BCUT2D eigenvalue weighted by Crippen LogP contribution is -2.41. The Bertz CT molecular complexity index is 440. The highest BCUT2D eigenvalue weighted by atomic mass is 16.4. The maximum atomic E-state index is 10.8. The van der Waals surface area contributed by atoms with E-state index in [2.05, 4.69) is 33.3 Å². The molecule has 3 unspecified atom stereocenters. The molecule has 144 valence electrons. The zero-order valence-corrected chi connectivity index (χ0v) is 16.6. The lowest BCUT2D eigenvalue weighted by molar-refractivity contribution is -0.132. The standard InChI is InChI=1S/C18H30O3.C2H6.C2H2/c1-12(6-4-7-13(2)17(20)21)14-9-10-15-16(19)8-5-11-18(14,15)3;2*1-2/h12,14-16,19H,2,4-11H2,1,3H3,(H,20,21);1-2H3;1-2H/t12-,14?,15?,16?,18-;;/m1../s1. The van der Waals surface area contributed by atoms with Gasteiger partial charge in [-0.1, -0.05) is 47.1 Å². The first kappa shape index (κ1) is 23.7. The van der Waals surface area contributed by atoms with Crippen LogP contribution in [0.5, 0.6) is 0 Å². The number of aliphatic hydroxyl groups excluding tert-OH is 1. The smallest absolute Gasteiger partial charge is 0.330 e. The second-order valence-corrected chi connectivity index (χ2v) is 7.53. The fraction of sp³-hybridized carbons (Fsp3) is 0.773. The molecule has 5 atom stereocenters. The van der Waals surface area contributed by atoms with Crippen molar-refractivity contribution in [1.29, 1.82) is 0 Å². The second-order valence-electron chi connectivity index (χ2n) is 7.53. The SMILES string of the molecule is C#C.C=C(CCC[C@@H](C)C1CCC2C(O)CCC[C@@]21C)C(=O)O.CC. The van der Waals surface area contributed by atoms with Crippen LogP contribution in [0.1, 0.15) is 79.1 Å². The zero-order valence-electron chi connectivity index (χ0n) is 16.6. The lowest BCUT2D eigenvalue weighted by Gasteiger charge is -2.45. The second kappa shape index (κ2) is 11.4. The van der Waals surface area contributed by atoms with Crippen LogP contribution < -0.4 is 0 Å². The molecule has 0 aromatic carbocycles. The summed E-state index contributed by atoms with van der Waals surface area (Å²) in [5, 5.41) is 19.1. The molecule has 0 heterocycles. The summed E-state index contributed by atoms with van der Waals surface area (Å²) >= 11 is 0. The van der Waals surface area contributed by atoms with Gasteiger partial charge in [0.1, 0.15) is 0 Å². The van der Waals surface area contributed by atoms with Crippen molar-refractivity contribution >= 4 is 5.97 Å². The quantitative estimate of drug-likeness (QED) is 0.506. The first-order valence-corrected chi connectivity index (χ1v) is 9.78. The zero-order chi connectivity index (χ0) is 19.6. The van der Waals surface area contributed by atoms with Gasteiger partial charge in [0.25, 0.3) is 0 Å². The fourth-order valence-electron chi connectivity index (χ4n) is 5.07. The first-order chi connectivity index (χ1) is 11.9. The number of carbonyl (C=O) groups is 1. The van der Waals surface area contributed by atoms with Gasteiger partial charge in [-0.15, -0.1) is 12.8 Å². The molecule has 0 amide bonds. The highest BCUT2D eigenvalue weighted by Crippen LogP contribution is 2.58. The van der Waals surface area contributed by atoms with Crippen molar-refractivity contribution in [3.05, 3.63) is 12.2 Å². The number of terminal acetylenes is 1. The fourth-order valence-corrected chi connectivity index (χ4v) is 5.07. The van der Waals surface area contributed by atoms with E-state index in [4.69, 9.17) is 5.11 Å². The van der Waals surface area contributed by atoms with Gasteiger partial charge in [-0.05, 0) is 61.7 Å². The van der Waals surface area contributed by atoms with E-state index in [1.54, 1.807) is 0 Å². The van der Waals surface area contributed by atoms with Gasteiger partial charge in [0.05, 0.1) is 6.10 Å². The van der Waals surface area contributed by atoms with Crippen LogP contribution in [0.15, 0.2) is 12.2 Å². The molecule has 2 aliphatic carbocycles. The first-order valence-electron chi connectivity index (χ1n) is 9.78. The van der Waals surface area contributed by atoms with Crippen molar-refractivity contribution in [2.75, 3.05) is 0 Å². The Morgan fingerprint density at radius 3 is 2.44 bits per heavy atom. The van der Waals surface area contributed by atoms with Crippen LogP contribution in [0.3, 0.4) is 0 Å². The van der Waals surface area contributed by atoms with Crippen LogP contribution in [-0.2, 0) is 4.79 Å². The van der Waals surface area contributed by atoms with E-state index < -0.39 is 5.97 Å². The third-order valence-electron chi connectivity index (χ3n) is 6.29. The normalized spacial score (nSPS) is 31.4. The molecule has 3 nitrogen and oxygen atoms in total. The summed E-state index contributed by atoms with van der Waals surface area (Å²) in [6.45, 7) is 12.3. The topological polar surface area (TPSA) is 57.5 Å². The van der Waals surface area contributed by atoms with Gasteiger partial charge in [0, 0.05) is 5.57 Å². The number of carboxylic acid groups (broad SMARTS) is 1. The minimum absolute atomic E-state index is 0.104. The summed E-state index contributed by atoms with van der Waals surface area (Å²) in [5.41, 5.74) is 0.617. The van der Waals surface area contributed by atoms with Crippen LogP contribution in [-0.4, -0.2) is 22.3 Å². The summed E-state index contributed by atoms with van der Waals surface area (Å²) < 4.78 is 0. The minimum Gasteiger partial charge on any atom is -0.478 e. The molecule has 0 radical (unpaired) electrons. The van der Waals surface area contributed by atoms with Gasteiger partial charge < -0.3 is 10.2 Å². The Morgan fingerprint density at radius 1 is 1.28 bits per heavy atom. The van der Waals surface area contributed by atoms with Crippen LogP contribution >= 0.6 is 0 Å². The molecule has 2 N–H and O–H groups in total. The predicted molar refractivity (Wildman–Crippen MR) is 105 cm³/mol. The molecular formula is C22H38O3. The Labute approximate surface area is 154 Å². The monoisotopic (exact) mass is 350 g/mol. The molecule has 2 fully saturated rings. The van der Waals surface area contributed by atoms with Gasteiger partial charge >= 0.3 is 5.97 Å². The largest absolute Gasteiger partial charge is 0.478 e. The maximum absolute atomic E-state index is 10.8. The van der Waals surface area contributed by atoms with Gasteiger partial charge in [0.2, 0.25) is 0 Å². The number of fused-ring (bicyclic) bond motifs is 1. The van der Waals surface area contributed by atoms with Crippen LogP contribution in [0.25, 0.3) is 0 Å². The number of hydrogen-bond acceptors (Lipinski definition) is 2. The van der Waals surface area contributed by atoms with E-state index in [0.717, 1.165) is 32.1 Å². The van der Waals surface area contributed by atoms with E-state index in [1.165, 1.54) is 12.8 Å². The Hall–Kier alpha value is -1.27. The Morgan fingerprint density at radius 2 is 1.88 bits per heavy atom. The van der Waals surface area contributed by atoms with E-state index >= 15 is 0 Å². The van der Waals surface area contributed by atoms with Crippen molar-refractivity contribution in [3.63, 3.8) is 0 Å². The summed E-state index contributed by atoms with van der Waals surface area (Å²) in [4.78, 5) is 10.8. The van der Waals surface area contributed by atoms with Crippen LogP contribution in [0, 0.1) is 36.0 Å². The number of carboxylic acids is 1. The third-order valence-corrected chi connectivity index (χ3v) is 6.29. The molecule has 3 heteroatoms. The number of rotatable bonds is 6. The number of aliphatic hydroxyl groups is 1. The van der Waals surface area contributed by atoms with Crippen molar-refractivity contribution in [2.45, 2.75) is 85.2 Å². The van der Waals surface area contributed by atoms with Crippen molar-refractivity contribution in [1.82, 2.24) is 0 Å².